The van der Waals surface area contributed by atoms with Crippen LogP contribution in [0, 0.1) is 6.92 Å². The predicted octanol–water partition coefficient (Wildman–Crippen LogP) is 1.19. The number of aryl methyl sites for hydroxylation is 1. The maximum Gasteiger partial charge on any atom is 0.122 e. The van der Waals surface area contributed by atoms with Gasteiger partial charge in [-0.3, -0.25) is 9.88 Å². The van der Waals surface area contributed by atoms with Crippen molar-refractivity contribution < 1.29 is 4.74 Å². The van der Waals surface area contributed by atoms with Gasteiger partial charge in [-0.1, -0.05) is 6.92 Å². The van der Waals surface area contributed by atoms with Crippen LogP contribution in [0.15, 0.2) is 12.1 Å². The molecule has 4 nitrogen and oxygen atoms in total. The van der Waals surface area contributed by atoms with Gasteiger partial charge in [0.2, 0.25) is 0 Å². The fourth-order valence-corrected chi connectivity index (χ4v) is 2.14. The number of ether oxygens (including phenoxy) is 1. The average Bonchev–Trinajstić information content (AvgIpc) is 2.24. The first-order valence-corrected chi connectivity index (χ1v) is 6.19. The second kappa shape index (κ2) is 5.47. The number of nitrogens with one attached hydrogen (secondary N) is 1. The Kier molecular flexibility index (Phi) is 3.97. The number of hydrogen-bond donors (Lipinski definition) is 1. The molecule has 0 spiro atoms. The molecule has 2 rings (SSSR count). The topological polar surface area (TPSA) is 37.4 Å². The maximum absolute atomic E-state index is 5.28. The van der Waals surface area contributed by atoms with E-state index in [1.165, 1.54) is 0 Å². The second-order valence-electron chi connectivity index (χ2n) is 4.51. The Hall–Kier alpha value is -1.13. The van der Waals surface area contributed by atoms with Gasteiger partial charge in [-0.15, -0.1) is 0 Å². The summed E-state index contributed by atoms with van der Waals surface area (Å²) in [5.41, 5.74) is 2.11. The minimum Gasteiger partial charge on any atom is -0.497 e. The smallest absolute Gasteiger partial charge is 0.122 e. The van der Waals surface area contributed by atoms with Crippen LogP contribution in [0.1, 0.15) is 18.3 Å². The van der Waals surface area contributed by atoms with E-state index in [1.54, 1.807) is 7.11 Å². The average molecular weight is 235 g/mol. The van der Waals surface area contributed by atoms with Crippen LogP contribution in [0.5, 0.6) is 5.75 Å². The molecule has 1 aromatic heterocycles. The molecule has 0 bridgehead atoms. The van der Waals surface area contributed by atoms with Crippen LogP contribution in [0.25, 0.3) is 0 Å². The van der Waals surface area contributed by atoms with Crippen molar-refractivity contribution in [3.8, 4) is 5.75 Å². The van der Waals surface area contributed by atoms with Crippen LogP contribution in [0.4, 0.5) is 0 Å². The highest BCUT2D eigenvalue weighted by molar-refractivity contribution is 5.26. The predicted molar refractivity (Wildman–Crippen MR) is 68.3 cm³/mol. The van der Waals surface area contributed by atoms with Crippen molar-refractivity contribution in [2.45, 2.75) is 26.4 Å². The highest BCUT2D eigenvalue weighted by atomic mass is 16.5. The van der Waals surface area contributed by atoms with E-state index < -0.39 is 0 Å². The molecule has 17 heavy (non-hydrogen) atoms. The van der Waals surface area contributed by atoms with Crippen LogP contribution < -0.4 is 10.1 Å². The molecule has 0 aromatic carbocycles. The number of nitrogens with zero attached hydrogens (tertiary/aromatic N) is 2. The van der Waals surface area contributed by atoms with E-state index in [9.17, 15) is 0 Å². The Balaban J connectivity index is 2.07. The molecule has 0 saturated carbocycles. The van der Waals surface area contributed by atoms with Crippen molar-refractivity contribution in [2.24, 2.45) is 0 Å². The Bertz CT molecular complexity index is 377. The van der Waals surface area contributed by atoms with Crippen LogP contribution in [-0.4, -0.2) is 42.7 Å². The molecule has 1 fully saturated rings. The van der Waals surface area contributed by atoms with E-state index in [4.69, 9.17) is 4.74 Å². The van der Waals surface area contributed by atoms with Gasteiger partial charge in [0, 0.05) is 43.5 Å². The normalized spacial score (nSPS) is 16.0. The molecule has 1 saturated heterocycles. The van der Waals surface area contributed by atoms with Gasteiger partial charge in [-0.25, -0.2) is 0 Å². The monoisotopic (exact) mass is 235 g/mol. The molecule has 1 aliphatic heterocycles. The second-order valence-corrected chi connectivity index (χ2v) is 4.51. The number of rotatable bonds is 5. The van der Waals surface area contributed by atoms with Gasteiger partial charge >= 0.3 is 0 Å². The lowest BCUT2D eigenvalue weighted by Crippen LogP contribution is -2.56. The molecule has 2 heterocycles. The number of methoxy groups -OCH3 is 1. The first kappa shape index (κ1) is 12.3. The molecule has 0 unspecified atom stereocenters. The molecule has 94 valence electrons. The maximum atomic E-state index is 5.28. The summed E-state index contributed by atoms with van der Waals surface area (Å²) in [6, 6.07) is 4.65. The Morgan fingerprint density at radius 1 is 1.47 bits per heavy atom. The number of pyridine rings is 1. The fourth-order valence-electron chi connectivity index (χ4n) is 2.14. The highest BCUT2D eigenvalue weighted by Gasteiger charge is 2.23. The Labute approximate surface area is 103 Å². The van der Waals surface area contributed by atoms with Crippen molar-refractivity contribution in [1.29, 1.82) is 0 Å². The van der Waals surface area contributed by atoms with Crippen LogP contribution in [0.2, 0.25) is 0 Å². The summed E-state index contributed by atoms with van der Waals surface area (Å²) >= 11 is 0. The van der Waals surface area contributed by atoms with E-state index in [-0.39, 0.29) is 0 Å². The van der Waals surface area contributed by atoms with Gasteiger partial charge in [0.05, 0.1) is 12.8 Å². The minimum atomic E-state index is 0.660. The molecule has 1 aromatic rings. The van der Waals surface area contributed by atoms with Gasteiger partial charge in [0.1, 0.15) is 5.75 Å². The Morgan fingerprint density at radius 2 is 2.24 bits per heavy atom. The van der Waals surface area contributed by atoms with Crippen LogP contribution in [-0.2, 0) is 6.54 Å². The largest absolute Gasteiger partial charge is 0.497 e. The standard InChI is InChI=1S/C13H21N3O/c1-4-16(12-7-14-8-12)9-11-6-13(17-3)5-10(2)15-11/h5-6,12,14H,4,7-9H2,1-3H3. The van der Waals surface area contributed by atoms with Crippen molar-refractivity contribution >= 4 is 0 Å². The SMILES string of the molecule is CCN(Cc1cc(OC)cc(C)n1)C1CNC1. The third-order valence-electron chi connectivity index (χ3n) is 3.26. The molecule has 0 atom stereocenters. The fraction of sp³-hybridized carbons (Fsp3) is 0.615. The van der Waals surface area contributed by atoms with E-state index in [1.807, 2.05) is 19.1 Å². The summed E-state index contributed by atoms with van der Waals surface area (Å²) in [4.78, 5) is 7.02. The van der Waals surface area contributed by atoms with Crippen LogP contribution >= 0.6 is 0 Å². The lowest BCUT2D eigenvalue weighted by molar-refractivity contribution is 0.143. The summed E-state index contributed by atoms with van der Waals surface area (Å²) < 4.78 is 5.28. The molecule has 1 N–H and O–H groups in total. The minimum absolute atomic E-state index is 0.660. The molecule has 0 radical (unpaired) electrons. The summed E-state index contributed by atoms with van der Waals surface area (Å²) in [5, 5.41) is 3.31. The number of hydrogen-bond acceptors (Lipinski definition) is 4. The van der Waals surface area contributed by atoms with Crippen molar-refractivity contribution in [3.63, 3.8) is 0 Å². The van der Waals surface area contributed by atoms with Gasteiger partial charge in [0.15, 0.2) is 0 Å². The van der Waals surface area contributed by atoms with Crippen molar-refractivity contribution in [3.05, 3.63) is 23.5 Å². The first-order chi connectivity index (χ1) is 8.22. The summed E-state index contributed by atoms with van der Waals surface area (Å²) in [7, 11) is 1.70. The third kappa shape index (κ3) is 2.96. The molecule has 1 aliphatic rings. The summed E-state index contributed by atoms with van der Waals surface area (Å²) in [6.45, 7) is 8.36. The van der Waals surface area contributed by atoms with Crippen LogP contribution in [0.3, 0.4) is 0 Å². The van der Waals surface area contributed by atoms with E-state index in [2.05, 4.69) is 22.1 Å². The zero-order valence-electron chi connectivity index (χ0n) is 10.9. The van der Waals surface area contributed by atoms with E-state index in [0.29, 0.717) is 6.04 Å². The van der Waals surface area contributed by atoms with Gasteiger partial charge in [-0.2, -0.15) is 0 Å². The van der Waals surface area contributed by atoms with Gasteiger partial charge < -0.3 is 10.1 Å². The Morgan fingerprint density at radius 3 is 2.76 bits per heavy atom. The van der Waals surface area contributed by atoms with E-state index >= 15 is 0 Å². The van der Waals surface area contributed by atoms with Crippen molar-refractivity contribution in [2.75, 3.05) is 26.7 Å². The molecular weight excluding hydrogens is 214 g/mol. The van der Waals surface area contributed by atoms with Gasteiger partial charge in [0.25, 0.3) is 0 Å². The molecular formula is C13H21N3O. The summed E-state index contributed by atoms with van der Waals surface area (Å²) in [6.07, 6.45) is 0. The van der Waals surface area contributed by atoms with E-state index in [0.717, 1.165) is 43.3 Å². The highest BCUT2D eigenvalue weighted by Crippen LogP contribution is 2.16. The first-order valence-electron chi connectivity index (χ1n) is 6.19. The molecule has 0 aliphatic carbocycles. The number of likely N-dealkylation sites (N-methyl/N-ethyl adjacent to an activating group) is 1. The molecule has 4 heteroatoms. The third-order valence-corrected chi connectivity index (χ3v) is 3.26. The van der Waals surface area contributed by atoms with Crippen molar-refractivity contribution in [1.82, 2.24) is 15.2 Å². The lowest BCUT2D eigenvalue weighted by Gasteiger charge is -2.37. The number of aromatic nitrogens is 1. The lowest BCUT2D eigenvalue weighted by atomic mass is 10.1. The summed E-state index contributed by atoms with van der Waals surface area (Å²) in [5.74, 6) is 0.898. The van der Waals surface area contributed by atoms with Gasteiger partial charge in [-0.05, 0) is 13.5 Å². The molecule has 0 amide bonds. The zero-order valence-corrected chi connectivity index (χ0v) is 10.9. The quantitative estimate of drug-likeness (QED) is 0.832. The zero-order chi connectivity index (χ0) is 12.3.